The quantitative estimate of drug-likeness (QED) is 0.635. The van der Waals surface area contributed by atoms with Gasteiger partial charge in [0.25, 0.3) is 5.91 Å². The number of ether oxygens (including phenoxy) is 1. The Morgan fingerprint density at radius 3 is 2.31 bits per heavy atom. The Morgan fingerprint density at radius 2 is 1.62 bits per heavy atom. The number of nitrogens with zero attached hydrogens (tertiary/aromatic N) is 2. The van der Waals surface area contributed by atoms with Crippen molar-refractivity contribution >= 4 is 23.2 Å². The first-order valence-corrected chi connectivity index (χ1v) is 10.3. The molecule has 0 aromatic heterocycles. The number of benzene rings is 3. The number of phenolic OH excluding ortho intramolecular Hbond substituents is 1. The third-order valence-corrected chi connectivity index (χ3v) is 5.96. The van der Waals surface area contributed by atoms with Crippen molar-refractivity contribution < 1.29 is 24.3 Å². The zero-order chi connectivity index (χ0) is 22.4. The number of hydrogen-bond donors (Lipinski definition) is 1. The van der Waals surface area contributed by atoms with Gasteiger partial charge in [0.2, 0.25) is 5.91 Å². The van der Waals surface area contributed by atoms with Crippen LogP contribution in [0.5, 0.6) is 11.5 Å². The highest BCUT2D eigenvalue weighted by Gasteiger charge is 2.60. The second-order valence-electron chi connectivity index (χ2n) is 7.94. The largest absolute Gasteiger partial charge is 0.504 e. The number of hydroxylamine groups is 1. The third kappa shape index (κ3) is 3.09. The van der Waals surface area contributed by atoms with Gasteiger partial charge in [0.05, 0.1) is 24.5 Å². The van der Waals surface area contributed by atoms with Crippen molar-refractivity contribution in [1.29, 1.82) is 0 Å². The molecule has 7 heteroatoms. The molecule has 0 aliphatic carbocycles. The Kier molecular flexibility index (Phi) is 4.83. The van der Waals surface area contributed by atoms with Gasteiger partial charge in [0.15, 0.2) is 17.6 Å². The van der Waals surface area contributed by atoms with Gasteiger partial charge in [-0.15, -0.1) is 0 Å². The number of para-hydroxylation sites is 1. The topological polar surface area (TPSA) is 79.3 Å². The van der Waals surface area contributed by atoms with Crippen LogP contribution in [0.4, 0.5) is 11.4 Å². The van der Waals surface area contributed by atoms with Crippen LogP contribution in [0.3, 0.4) is 0 Å². The summed E-state index contributed by atoms with van der Waals surface area (Å²) in [7, 11) is 1.46. The fourth-order valence-electron chi connectivity index (χ4n) is 4.38. The van der Waals surface area contributed by atoms with Gasteiger partial charge >= 0.3 is 0 Å². The van der Waals surface area contributed by atoms with Gasteiger partial charge in [0.1, 0.15) is 5.92 Å². The minimum atomic E-state index is -0.950. The normalized spacial score (nSPS) is 22.4. The molecule has 162 valence electrons. The van der Waals surface area contributed by atoms with Crippen molar-refractivity contribution in [2.24, 2.45) is 5.92 Å². The number of anilines is 2. The fourth-order valence-corrected chi connectivity index (χ4v) is 4.38. The number of hydrogen-bond acceptors (Lipinski definition) is 6. The maximum Gasteiger partial charge on any atom is 0.266 e. The Morgan fingerprint density at radius 1 is 0.906 bits per heavy atom. The molecule has 0 radical (unpaired) electrons. The molecule has 0 bridgehead atoms. The van der Waals surface area contributed by atoms with Gasteiger partial charge < -0.3 is 9.84 Å². The summed E-state index contributed by atoms with van der Waals surface area (Å²) in [6.45, 7) is 1.95. The van der Waals surface area contributed by atoms with E-state index in [0.29, 0.717) is 11.3 Å². The maximum absolute atomic E-state index is 13.6. The standard InChI is InChI=1S/C25H22N2O5/c1-15-8-11-17(12-9-15)26-24(29)21-22(16-10-13-19(28)20(14-16)31-2)27(32-23(21)25(26)30)18-6-4-3-5-7-18/h3-14,21-23,28H,1-2H3/t21-,22+,23-/m1/s1. The molecule has 2 aliphatic rings. The van der Waals surface area contributed by atoms with Gasteiger partial charge in [0, 0.05) is 0 Å². The molecule has 2 saturated heterocycles. The van der Waals surface area contributed by atoms with E-state index in [4.69, 9.17) is 9.57 Å². The Hall–Kier alpha value is -3.84. The van der Waals surface area contributed by atoms with Crippen molar-refractivity contribution in [3.63, 3.8) is 0 Å². The first-order valence-electron chi connectivity index (χ1n) is 10.3. The van der Waals surface area contributed by atoms with Crippen LogP contribution in [0.25, 0.3) is 0 Å². The van der Waals surface area contributed by atoms with E-state index in [1.54, 1.807) is 29.3 Å². The minimum absolute atomic E-state index is 0.00640. The van der Waals surface area contributed by atoms with Crippen LogP contribution < -0.4 is 14.7 Å². The van der Waals surface area contributed by atoms with E-state index in [0.717, 1.165) is 11.3 Å². The van der Waals surface area contributed by atoms with Gasteiger partial charge in [-0.25, -0.2) is 9.96 Å². The summed E-state index contributed by atoms with van der Waals surface area (Å²) in [5.41, 5.74) is 2.98. The predicted molar refractivity (Wildman–Crippen MR) is 118 cm³/mol. The number of rotatable bonds is 4. The monoisotopic (exact) mass is 430 g/mol. The van der Waals surface area contributed by atoms with Crippen molar-refractivity contribution in [3.8, 4) is 11.5 Å². The van der Waals surface area contributed by atoms with Crippen LogP contribution >= 0.6 is 0 Å². The Balaban J connectivity index is 1.60. The Labute approximate surface area is 185 Å². The molecule has 3 aromatic carbocycles. The van der Waals surface area contributed by atoms with Crippen molar-refractivity contribution in [1.82, 2.24) is 0 Å². The SMILES string of the molecule is COc1cc([C@H]2[C@H]3C(=O)N(c4ccc(C)cc4)C(=O)[C@@H]3ON2c2ccccc2)ccc1O. The van der Waals surface area contributed by atoms with Crippen molar-refractivity contribution in [2.75, 3.05) is 17.1 Å². The maximum atomic E-state index is 13.6. The lowest BCUT2D eigenvalue weighted by Crippen LogP contribution is -2.37. The molecular formula is C25H22N2O5. The number of amides is 2. The van der Waals surface area contributed by atoms with E-state index in [1.807, 2.05) is 49.4 Å². The summed E-state index contributed by atoms with van der Waals surface area (Å²) in [6.07, 6.45) is -0.950. The highest BCUT2D eigenvalue weighted by molar-refractivity contribution is 6.23. The highest BCUT2D eigenvalue weighted by atomic mass is 16.7. The second kappa shape index (κ2) is 7.69. The summed E-state index contributed by atoms with van der Waals surface area (Å²) in [6, 6.07) is 20.9. The van der Waals surface area contributed by atoms with E-state index >= 15 is 0 Å². The average molecular weight is 430 g/mol. The molecule has 1 N–H and O–H groups in total. The van der Waals surface area contributed by atoms with Crippen LogP contribution in [0.15, 0.2) is 72.8 Å². The van der Waals surface area contributed by atoms with Gasteiger partial charge in [-0.05, 0) is 48.9 Å². The molecule has 3 atom stereocenters. The van der Waals surface area contributed by atoms with Gasteiger partial charge in [-0.2, -0.15) is 0 Å². The molecule has 3 aromatic rings. The lowest BCUT2D eigenvalue weighted by molar-refractivity contribution is -0.126. The van der Waals surface area contributed by atoms with E-state index in [-0.39, 0.29) is 17.4 Å². The van der Waals surface area contributed by atoms with Crippen LogP contribution in [0.1, 0.15) is 17.2 Å². The molecule has 2 aliphatic heterocycles. The molecule has 5 rings (SSSR count). The van der Waals surface area contributed by atoms with Crippen LogP contribution in [-0.4, -0.2) is 30.1 Å². The summed E-state index contributed by atoms with van der Waals surface area (Å²) in [4.78, 5) is 34.2. The predicted octanol–water partition coefficient (Wildman–Crippen LogP) is 3.76. The molecule has 7 nitrogen and oxygen atoms in total. The fraction of sp³-hybridized carbons (Fsp3) is 0.200. The zero-order valence-corrected chi connectivity index (χ0v) is 17.6. The second-order valence-corrected chi connectivity index (χ2v) is 7.94. The number of carbonyl (C=O) groups excluding carboxylic acids is 2. The van der Waals surface area contributed by atoms with Crippen LogP contribution in [0.2, 0.25) is 0 Å². The molecule has 32 heavy (non-hydrogen) atoms. The smallest absolute Gasteiger partial charge is 0.266 e. The lowest BCUT2D eigenvalue weighted by Gasteiger charge is -2.29. The zero-order valence-electron chi connectivity index (χ0n) is 17.6. The minimum Gasteiger partial charge on any atom is -0.504 e. The van der Waals surface area contributed by atoms with Crippen molar-refractivity contribution in [3.05, 3.63) is 83.9 Å². The first kappa shape index (κ1) is 20.1. The third-order valence-electron chi connectivity index (χ3n) is 5.96. The Bertz CT molecular complexity index is 1180. The van der Waals surface area contributed by atoms with Crippen molar-refractivity contribution in [2.45, 2.75) is 19.1 Å². The number of phenols is 1. The average Bonchev–Trinajstić information content (AvgIpc) is 3.32. The number of carbonyl (C=O) groups is 2. The van der Waals surface area contributed by atoms with Crippen LogP contribution in [-0.2, 0) is 14.4 Å². The number of fused-ring (bicyclic) bond motifs is 1. The molecule has 0 saturated carbocycles. The van der Waals surface area contributed by atoms with E-state index in [1.165, 1.54) is 18.1 Å². The summed E-state index contributed by atoms with van der Waals surface area (Å²) in [5, 5.41) is 11.7. The number of imide groups is 1. The van der Waals surface area contributed by atoms with Crippen LogP contribution in [0, 0.1) is 12.8 Å². The summed E-state index contributed by atoms with van der Waals surface area (Å²) >= 11 is 0. The van der Waals surface area contributed by atoms with Gasteiger partial charge in [-0.1, -0.05) is 42.0 Å². The van der Waals surface area contributed by atoms with E-state index in [2.05, 4.69) is 0 Å². The molecule has 2 fully saturated rings. The molecule has 0 spiro atoms. The molecule has 2 amide bonds. The summed E-state index contributed by atoms with van der Waals surface area (Å²) in [5.74, 6) is -1.19. The molecule has 0 unspecified atom stereocenters. The van der Waals surface area contributed by atoms with Gasteiger partial charge in [-0.3, -0.25) is 14.4 Å². The van der Waals surface area contributed by atoms with E-state index < -0.39 is 24.0 Å². The van der Waals surface area contributed by atoms with E-state index in [9.17, 15) is 14.7 Å². The molecule has 2 heterocycles. The summed E-state index contributed by atoms with van der Waals surface area (Å²) < 4.78 is 5.28. The number of aryl methyl sites for hydroxylation is 1. The number of aromatic hydroxyl groups is 1. The molecular weight excluding hydrogens is 408 g/mol. The lowest BCUT2D eigenvalue weighted by atomic mass is 9.90. The number of methoxy groups -OCH3 is 1. The first-order chi connectivity index (χ1) is 15.5. The highest BCUT2D eigenvalue weighted by Crippen LogP contribution is 2.48.